The fourth-order valence-corrected chi connectivity index (χ4v) is 4.04. The number of aryl methyl sites for hydroxylation is 1. The molecule has 2 aromatic heterocycles. The highest BCUT2D eigenvalue weighted by Crippen LogP contribution is 2.23. The van der Waals surface area contributed by atoms with Crippen LogP contribution in [0.4, 0.5) is 5.82 Å². The summed E-state index contributed by atoms with van der Waals surface area (Å²) in [4.78, 5) is 21.2. The van der Waals surface area contributed by atoms with Gasteiger partial charge in [0.15, 0.2) is 5.82 Å². The summed E-state index contributed by atoms with van der Waals surface area (Å²) in [7, 11) is 0. The molecule has 9 nitrogen and oxygen atoms in total. The third-order valence-corrected chi connectivity index (χ3v) is 5.92. The average molecular weight is 471 g/mol. The number of piperazine rings is 1. The smallest absolute Gasteiger partial charge is 0.253 e. The highest BCUT2D eigenvalue weighted by atomic mass is 16.5. The van der Waals surface area contributed by atoms with E-state index in [0.29, 0.717) is 50.1 Å². The van der Waals surface area contributed by atoms with Crippen molar-refractivity contribution in [3.8, 4) is 28.4 Å². The molecule has 5 rings (SSSR count). The number of benzene rings is 2. The average Bonchev–Trinajstić information content (AvgIpc) is 3.35. The van der Waals surface area contributed by atoms with Crippen LogP contribution in [0.15, 0.2) is 65.2 Å². The van der Waals surface area contributed by atoms with Gasteiger partial charge >= 0.3 is 0 Å². The first-order valence-electron chi connectivity index (χ1n) is 11.6. The van der Waals surface area contributed by atoms with Crippen molar-refractivity contribution < 1.29 is 14.1 Å². The molecule has 0 bridgehead atoms. The van der Waals surface area contributed by atoms with Crippen LogP contribution in [0.25, 0.3) is 22.6 Å². The summed E-state index contributed by atoms with van der Waals surface area (Å²) in [5.74, 6) is 2.69. The molecule has 4 aromatic rings. The van der Waals surface area contributed by atoms with Crippen molar-refractivity contribution in [2.24, 2.45) is 0 Å². The minimum Gasteiger partial charge on any atom is -0.494 e. The summed E-state index contributed by atoms with van der Waals surface area (Å²) >= 11 is 0. The molecule has 0 saturated carbocycles. The Kier molecular flexibility index (Phi) is 6.38. The molecule has 3 heterocycles. The number of hydrogen-bond acceptors (Lipinski definition) is 8. The second kappa shape index (κ2) is 9.92. The van der Waals surface area contributed by atoms with Crippen LogP contribution in [-0.4, -0.2) is 63.9 Å². The lowest BCUT2D eigenvalue weighted by atomic mass is 10.1. The highest BCUT2D eigenvalue weighted by Gasteiger charge is 2.23. The molecule has 1 aliphatic heterocycles. The molecule has 1 aliphatic rings. The molecule has 0 N–H and O–H groups in total. The van der Waals surface area contributed by atoms with Crippen molar-refractivity contribution >= 4 is 11.7 Å². The Hall–Kier alpha value is -4.27. The lowest BCUT2D eigenvalue weighted by Gasteiger charge is -2.35. The molecule has 0 aliphatic carbocycles. The molecule has 1 amide bonds. The van der Waals surface area contributed by atoms with E-state index in [1.165, 1.54) is 0 Å². The molecule has 1 saturated heterocycles. The molecule has 0 unspecified atom stereocenters. The maximum atomic E-state index is 13.0. The predicted octanol–water partition coefficient (Wildman–Crippen LogP) is 3.86. The third-order valence-electron chi connectivity index (χ3n) is 5.92. The van der Waals surface area contributed by atoms with Crippen molar-refractivity contribution in [3.05, 3.63) is 72.1 Å². The Labute approximate surface area is 203 Å². The van der Waals surface area contributed by atoms with Crippen LogP contribution in [-0.2, 0) is 0 Å². The van der Waals surface area contributed by atoms with Gasteiger partial charge in [-0.25, -0.2) is 0 Å². The summed E-state index contributed by atoms with van der Waals surface area (Å²) in [5.41, 5.74) is 3.26. The molecule has 178 valence electrons. The second-order valence-electron chi connectivity index (χ2n) is 8.23. The summed E-state index contributed by atoms with van der Waals surface area (Å²) in [6.45, 7) is 6.98. The molecule has 2 aromatic carbocycles. The van der Waals surface area contributed by atoms with Crippen molar-refractivity contribution in [1.29, 1.82) is 0 Å². The number of ether oxygens (including phenoxy) is 1. The van der Waals surface area contributed by atoms with E-state index in [0.717, 1.165) is 28.4 Å². The normalized spacial score (nSPS) is 13.7. The SMILES string of the molecule is CCOc1ccc(-c2ccc(N3CCN(C(=O)c4ccc(-c5noc(C)n5)cc4)CC3)nn2)cc1. The minimum atomic E-state index is 0.0115. The molecule has 1 fully saturated rings. The maximum absolute atomic E-state index is 13.0. The molecule has 0 spiro atoms. The quantitative estimate of drug-likeness (QED) is 0.419. The number of hydrogen-bond donors (Lipinski definition) is 0. The van der Waals surface area contributed by atoms with E-state index in [1.54, 1.807) is 19.1 Å². The Balaban J connectivity index is 1.18. The number of carbonyl (C=O) groups is 1. The predicted molar refractivity (Wildman–Crippen MR) is 131 cm³/mol. The van der Waals surface area contributed by atoms with E-state index < -0.39 is 0 Å². The summed E-state index contributed by atoms with van der Waals surface area (Å²) in [6.07, 6.45) is 0. The van der Waals surface area contributed by atoms with Gasteiger partial charge in [-0.1, -0.05) is 17.3 Å². The number of aromatic nitrogens is 4. The highest BCUT2D eigenvalue weighted by molar-refractivity contribution is 5.94. The molecule has 0 radical (unpaired) electrons. The van der Waals surface area contributed by atoms with Crippen LogP contribution in [0.3, 0.4) is 0 Å². The monoisotopic (exact) mass is 470 g/mol. The van der Waals surface area contributed by atoms with Crippen LogP contribution in [0, 0.1) is 6.92 Å². The van der Waals surface area contributed by atoms with E-state index in [-0.39, 0.29) is 5.91 Å². The molecular formula is C26H26N6O3. The van der Waals surface area contributed by atoms with E-state index in [9.17, 15) is 4.79 Å². The van der Waals surface area contributed by atoms with Crippen molar-refractivity contribution in [1.82, 2.24) is 25.2 Å². The summed E-state index contributed by atoms with van der Waals surface area (Å²) in [5, 5.41) is 12.8. The van der Waals surface area contributed by atoms with Gasteiger partial charge in [0.1, 0.15) is 5.75 Å². The number of rotatable bonds is 6. The largest absolute Gasteiger partial charge is 0.494 e. The van der Waals surface area contributed by atoms with E-state index in [2.05, 4.69) is 25.2 Å². The summed E-state index contributed by atoms with van der Waals surface area (Å²) in [6, 6.07) is 19.1. The van der Waals surface area contributed by atoms with Crippen LogP contribution in [0.2, 0.25) is 0 Å². The van der Waals surface area contributed by atoms with Gasteiger partial charge < -0.3 is 19.1 Å². The maximum Gasteiger partial charge on any atom is 0.253 e. The van der Waals surface area contributed by atoms with Crippen molar-refractivity contribution in [3.63, 3.8) is 0 Å². The first kappa shape index (κ1) is 22.5. The Morgan fingerprint density at radius 3 is 2.23 bits per heavy atom. The first-order chi connectivity index (χ1) is 17.1. The molecule has 35 heavy (non-hydrogen) atoms. The fourth-order valence-electron chi connectivity index (χ4n) is 4.04. The first-order valence-corrected chi connectivity index (χ1v) is 11.6. The van der Waals surface area contributed by atoms with Crippen molar-refractivity contribution in [2.75, 3.05) is 37.7 Å². The van der Waals surface area contributed by atoms with Crippen LogP contribution >= 0.6 is 0 Å². The Morgan fingerprint density at radius 1 is 0.914 bits per heavy atom. The van der Waals surface area contributed by atoms with Crippen LogP contribution in [0.1, 0.15) is 23.2 Å². The number of amides is 1. The standard InChI is InChI=1S/C26H26N6O3/c1-3-34-22-10-8-19(9-11-22)23-12-13-24(29-28-23)31-14-16-32(17-15-31)26(33)21-6-4-20(5-7-21)25-27-18(2)35-30-25/h4-13H,3,14-17H2,1-2H3. The minimum absolute atomic E-state index is 0.0115. The lowest BCUT2D eigenvalue weighted by molar-refractivity contribution is 0.0746. The third kappa shape index (κ3) is 4.98. The number of anilines is 1. The van der Waals surface area contributed by atoms with Crippen LogP contribution < -0.4 is 9.64 Å². The molecule has 9 heteroatoms. The van der Waals surface area contributed by atoms with Gasteiger partial charge in [-0.15, -0.1) is 10.2 Å². The van der Waals surface area contributed by atoms with Gasteiger partial charge in [0, 0.05) is 49.8 Å². The topological polar surface area (TPSA) is 97.5 Å². The zero-order chi connectivity index (χ0) is 24.2. The van der Waals surface area contributed by atoms with E-state index in [4.69, 9.17) is 9.26 Å². The van der Waals surface area contributed by atoms with Crippen molar-refractivity contribution in [2.45, 2.75) is 13.8 Å². The molecule has 0 atom stereocenters. The van der Waals surface area contributed by atoms with Gasteiger partial charge in [-0.3, -0.25) is 4.79 Å². The number of nitrogens with zero attached hydrogens (tertiary/aromatic N) is 6. The van der Waals surface area contributed by atoms with Gasteiger partial charge in [0.05, 0.1) is 12.3 Å². The van der Waals surface area contributed by atoms with E-state index >= 15 is 0 Å². The van der Waals surface area contributed by atoms with E-state index in [1.807, 2.05) is 60.4 Å². The second-order valence-corrected chi connectivity index (χ2v) is 8.23. The van der Waals surface area contributed by atoms with Crippen LogP contribution in [0.5, 0.6) is 5.75 Å². The van der Waals surface area contributed by atoms with Gasteiger partial charge in [0.2, 0.25) is 11.7 Å². The zero-order valence-corrected chi connectivity index (χ0v) is 19.7. The lowest BCUT2D eigenvalue weighted by Crippen LogP contribution is -2.49. The Bertz CT molecular complexity index is 1280. The molecular weight excluding hydrogens is 444 g/mol. The van der Waals surface area contributed by atoms with Gasteiger partial charge in [-0.05, 0) is 55.5 Å². The van der Waals surface area contributed by atoms with Gasteiger partial charge in [0.25, 0.3) is 5.91 Å². The van der Waals surface area contributed by atoms with Gasteiger partial charge in [-0.2, -0.15) is 4.98 Å². The fraction of sp³-hybridized carbons (Fsp3) is 0.269. The number of carbonyl (C=O) groups excluding carboxylic acids is 1. The summed E-state index contributed by atoms with van der Waals surface area (Å²) < 4.78 is 10.5. The zero-order valence-electron chi connectivity index (χ0n) is 19.7. The Morgan fingerprint density at radius 2 is 1.63 bits per heavy atom.